The minimum absolute atomic E-state index is 0.380. The van der Waals surface area contributed by atoms with Crippen LogP contribution >= 0.6 is 12.2 Å². The smallest absolute Gasteiger partial charge is 0.126 e. The molecule has 2 rings (SSSR count). The maximum Gasteiger partial charge on any atom is 0.126 e. The van der Waals surface area contributed by atoms with Gasteiger partial charge in [-0.2, -0.15) is 0 Å². The summed E-state index contributed by atoms with van der Waals surface area (Å²) in [5, 5.41) is 3.22. The van der Waals surface area contributed by atoms with E-state index in [0.29, 0.717) is 4.99 Å². The van der Waals surface area contributed by atoms with Crippen LogP contribution in [-0.4, -0.2) is 21.5 Å². The predicted molar refractivity (Wildman–Crippen MR) is 76.6 cm³/mol. The summed E-state index contributed by atoms with van der Waals surface area (Å²) in [6.07, 6.45) is 4.33. The van der Waals surface area contributed by atoms with E-state index >= 15 is 0 Å². The molecule has 0 radical (unpaired) electrons. The van der Waals surface area contributed by atoms with Crippen LogP contribution in [0.15, 0.2) is 42.7 Å². The number of thiocarbonyl (C=S) groups is 1. The van der Waals surface area contributed by atoms with Gasteiger partial charge in [-0.05, 0) is 24.3 Å². The van der Waals surface area contributed by atoms with Crippen LogP contribution in [-0.2, 0) is 6.42 Å². The van der Waals surface area contributed by atoms with Crippen LogP contribution in [0.4, 0.5) is 5.82 Å². The number of hydrogen-bond donors (Lipinski definition) is 2. The number of aromatic nitrogens is 2. The Balaban J connectivity index is 1.90. The summed E-state index contributed by atoms with van der Waals surface area (Å²) in [5.74, 6) is 0.774. The molecule has 0 amide bonds. The third-order valence-electron chi connectivity index (χ3n) is 2.46. The van der Waals surface area contributed by atoms with Gasteiger partial charge in [0.25, 0.3) is 0 Å². The van der Waals surface area contributed by atoms with Gasteiger partial charge in [-0.1, -0.05) is 18.3 Å². The zero-order chi connectivity index (χ0) is 12.8. The van der Waals surface area contributed by atoms with E-state index in [9.17, 15) is 0 Å². The predicted octanol–water partition coefficient (Wildman–Crippen LogP) is 1.77. The molecule has 18 heavy (non-hydrogen) atoms. The summed E-state index contributed by atoms with van der Waals surface area (Å²) in [6, 6.07) is 9.53. The summed E-state index contributed by atoms with van der Waals surface area (Å²) >= 11 is 4.92. The Morgan fingerprint density at radius 3 is 2.83 bits per heavy atom. The highest BCUT2D eigenvalue weighted by Gasteiger charge is 1.99. The second-order valence-electron chi connectivity index (χ2n) is 3.79. The number of rotatable bonds is 5. The van der Waals surface area contributed by atoms with Crippen LogP contribution < -0.4 is 11.1 Å². The fourth-order valence-electron chi connectivity index (χ4n) is 1.55. The third-order valence-corrected chi connectivity index (χ3v) is 2.69. The van der Waals surface area contributed by atoms with Crippen molar-refractivity contribution in [3.05, 3.63) is 54.0 Å². The molecular formula is C13H14N4S. The van der Waals surface area contributed by atoms with Crippen molar-refractivity contribution >= 4 is 23.0 Å². The van der Waals surface area contributed by atoms with E-state index in [-0.39, 0.29) is 0 Å². The minimum Gasteiger partial charge on any atom is -0.389 e. The Hall–Kier alpha value is -2.01. The lowest BCUT2D eigenvalue weighted by molar-refractivity contribution is 0.954. The maximum atomic E-state index is 5.57. The third kappa shape index (κ3) is 3.49. The number of nitrogens with zero attached hydrogens (tertiary/aromatic N) is 2. The van der Waals surface area contributed by atoms with Gasteiger partial charge in [0.05, 0.1) is 0 Å². The first kappa shape index (κ1) is 12.4. The molecule has 0 aliphatic rings. The van der Waals surface area contributed by atoms with Gasteiger partial charge in [0, 0.05) is 36.6 Å². The van der Waals surface area contributed by atoms with Gasteiger partial charge in [-0.25, -0.2) is 4.98 Å². The molecule has 0 saturated carbocycles. The first-order chi connectivity index (χ1) is 8.75. The fraction of sp³-hybridized carbons (Fsp3) is 0.154. The van der Waals surface area contributed by atoms with Gasteiger partial charge in [-0.3, -0.25) is 4.98 Å². The number of anilines is 1. The average molecular weight is 258 g/mol. The Morgan fingerprint density at radius 1 is 1.22 bits per heavy atom. The van der Waals surface area contributed by atoms with Gasteiger partial charge in [0.2, 0.25) is 0 Å². The van der Waals surface area contributed by atoms with Crippen molar-refractivity contribution in [1.82, 2.24) is 9.97 Å². The molecule has 92 valence electrons. The van der Waals surface area contributed by atoms with Crippen molar-refractivity contribution in [2.24, 2.45) is 5.73 Å². The zero-order valence-corrected chi connectivity index (χ0v) is 10.7. The molecule has 0 bridgehead atoms. The van der Waals surface area contributed by atoms with Crippen LogP contribution in [0.3, 0.4) is 0 Å². The Labute approximate surface area is 111 Å². The molecule has 3 N–H and O–H groups in total. The monoisotopic (exact) mass is 258 g/mol. The molecule has 0 aliphatic carbocycles. The molecular weight excluding hydrogens is 244 g/mol. The minimum atomic E-state index is 0.380. The molecule has 0 spiro atoms. The second kappa shape index (κ2) is 6.07. The molecule has 2 aromatic heterocycles. The van der Waals surface area contributed by atoms with E-state index in [1.54, 1.807) is 18.5 Å². The highest BCUT2D eigenvalue weighted by molar-refractivity contribution is 7.80. The molecule has 4 nitrogen and oxygen atoms in total. The van der Waals surface area contributed by atoms with Gasteiger partial charge < -0.3 is 11.1 Å². The largest absolute Gasteiger partial charge is 0.389 e. The average Bonchev–Trinajstić information content (AvgIpc) is 2.40. The SMILES string of the molecule is NC(=S)c1ccnc(NCCc2ccccn2)c1. The highest BCUT2D eigenvalue weighted by atomic mass is 32.1. The number of pyridine rings is 2. The zero-order valence-electron chi connectivity index (χ0n) is 9.84. The van der Waals surface area contributed by atoms with Crippen molar-refractivity contribution in [3.8, 4) is 0 Å². The molecule has 0 aromatic carbocycles. The number of hydrogen-bond acceptors (Lipinski definition) is 4. The highest BCUT2D eigenvalue weighted by Crippen LogP contribution is 2.06. The van der Waals surface area contributed by atoms with E-state index in [1.807, 2.05) is 24.3 Å². The lowest BCUT2D eigenvalue weighted by Crippen LogP contribution is -2.11. The van der Waals surface area contributed by atoms with E-state index in [1.165, 1.54) is 0 Å². The van der Waals surface area contributed by atoms with E-state index < -0.39 is 0 Å². The maximum absolute atomic E-state index is 5.57. The van der Waals surface area contributed by atoms with Crippen molar-refractivity contribution in [2.75, 3.05) is 11.9 Å². The standard InChI is InChI=1S/C13H14N4S/c14-13(18)10-4-7-16-12(9-10)17-8-5-11-3-1-2-6-15-11/h1-4,6-7,9H,5,8H2,(H2,14,18)(H,16,17). The van der Waals surface area contributed by atoms with Crippen molar-refractivity contribution in [1.29, 1.82) is 0 Å². The lowest BCUT2D eigenvalue weighted by Gasteiger charge is -2.06. The molecule has 0 saturated heterocycles. The van der Waals surface area contributed by atoms with E-state index in [0.717, 1.165) is 30.0 Å². The molecule has 5 heteroatoms. The molecule has 0 atom stereocenters. The van der Waals surface area contributed by atoms with Crippen LogP contribution in [0.1, 0.15) is 11.3 Å². The van der Waals surface area contributed by atoms with E-state index in [2.05, 4.69) is 15.3 Å². The summed E-state index contributed by atoms with van der Waals surface area (Å²) < 4.78 is 0. The molecule has 2 heterocycles. The number of nitrogens with one attached hydrogen (secondary N) is 1. The lowest BCUT2D eigenvalue weighted by atomic mass is 10.2. The molecule has 2 aromatic rings. The van der Waals surface area contributed by atoms with Crippen LogP contribution in [0.2, 0.25) is 0 Å². The van der Waals surface area contributed by atoms with Gasteiger partial charge in [0.15, 0.2) is 0 Å². The normalized spacial score (nSPS) is 10.0. The summed E-state index contributed by atoms with van der Waals surface area (Å²) in [6.45, 7) is 0.769. The fourth-order valence-corrected chi connectivity index (χ4v) is 1.67. The molecule has 0 aliphatic heterocycles. The van der Waals surface area contributed by atoms with Gasteiger partial charge >= 0.3 is 0 Å². The van der Waals surface area contributed by atoms with Crippen LogP contribution in [0.25, 0.3) is 0 Å². The van der Waals surface area contributed by atoms with Gasteiger partial charge in [0.1, 0.15) is 10.8 Å². The summed E-state index contributed by atoms with van der Waals surface area (Å²) in [7, 11) is 0. The number of nitrogens with two attached hydrogens (primary N) is 1. The second-order valence-corrected chi connectivity index (χ2v) is 4.23. The molecule has 0 fully saturated rings. The molecule has 0 unspecified atom stereocenters. The van der Waals surface area contributed by atoms with Crippen LogP contribution in [0.5, 0.6) is 0 Å². The van der Waals surface area contributed by atoms with Crippen LogP contribution in [0, 0.1) is 0 Å². The summed E-state index contributed by atoms with van der Waals surface area (Å²) in [5.41, 5.74) is 7.44. The van der Waals surface area contributed by atoms with Crippen molar-refractivity contribution in [3.63, 3.8) is 0 Å². The van der Waals surface area contributed by atoms with E-state index in [4.69, 9.17) is 18.0 Å². The quantitative estimate of drug-likeness (QED) is 0.800. The summed E-state index contributed by atoms with van der Waals surface area (Å²) in [4.78, 5) is 8.84. The topological polar surface area (TPSA) is 63.8 Å². The first-order valence-electron chi connectivity index (χ1n) is 5.65. The van der Waals surface area contributed by atoms with Crippen molar-refractivity contribution < 1.29 is 0 Å². The Kier molecular flexibility index (Phi) is 4.20. The van der Waals surface area contributed by atoms with Crippen molar-refractivity contribution in [2.45, 2.75) is 6.42 Å². The Morgan fingerprint density at radius 2 is 2.11 bits per heavy atom. The first-order valence-corrected chi connectivity index (χ1v) is 6.06. The Bertz CT molecular complexity index is 528. The van der Waals surface area contributed by atoms with Gasteiger partial charge in [-0.15, -0.1) is 0 Å².